The smallest absolute Gasteiger partial charge is 0.387 e. The Bertz CT molecular complexity index is 863. The van der Waals surface area contributed by atoms with Crippen LogP contribution in [0.1, 0.15) is 12.5 Å². The standard InChI is InChI=1S/C20H20F2N2O5/c1-20(13-7-9-16(10-8-13)29-18(21)22)17(26)24(19(27)23-20)11-14(25)12-28-15-5-3-2-4-6-15/h2-10,14,18,25H,11-12H2,1H3,(H,23,27). The summed E-state index contributed by atoms with van der Waals surface area (Å²) in [6, 6.07) is 13.6. The summed E-state index contributed by atoms with van der Waals surface area (Å²) in [5.74, 6) is -0.0713. The Balaban J connectivity index is 1.65. The van der Waals surface area contributed by atoms with Gasteiger partial charge in [0.1, 0.15) is 29.7 Å². The molecule has 7 nitrogen and oxygen atoms in total. The van der Waals surface area contributed by atoms with Gasteiger partial charge < -0.3 is 19.9 Å². The third kappa shape index (κ3) is 4.62. The molecule has 2 unspecified atom stereocenters. The summed E-state index contributed by atoms with van der Waals surface area (Å²) >= 11 is 0. The van der Waals surface area contributed by atoms with E-state index in [1.165, 1.54) is 31.2 Å². The first-order valence-corrected chi connectivity index (χ1v) is 8.85. The highest BCUT2D eigenvalue weighted by atomic mass is 19.3. The molecule has 0 aliphatic carbocycles. The van der Waals surface area contributed by atoms with Crippen LogP contribution in [0.25, 0.3) is 0 Å². The van der Waals surface area contributed by atoms with Crippen LogP contribution in [0.3, 0.4) is 0 Å². The molecule has 0 bridgehead atoms. The van der Waals surface area contributed by atoms with Gasteiger partial charge in [0.2, 0.25) is 0 Å². The van der Waals surface area contributed by atoms with Crippen molar-refractivity contribution >= 4 is 11.9 Å². The molecule has 2 aromatic carbocycles. The minimum absolute atomic E-state index is 0.0607. The quantitative estimate of drug-likeness (QED) is 0.658. The van der Waals surface area contributed by atoms with Gasteiger partial charge in [0.15, 0.2) is 0 Å². The van der Waals surface area contributed by atoms with Gasteiger partial charge in [0.05, 0.1) is 6.54 Å². The lowest BCUT2D eigenvalue weighted by Crippen LogP contribution is -2.42. The highest BCUT2D eigenvalue weighted by molar-refractivity contribution is 6.07. The maximum atomic E-state index is 12.8. The largest absolute Gasteiger partial charge is 0.491 e. The Kier molecular flexibility index (Phi) is 5.97. The number of aliphatic hydroxyl groups is 1. The van der Waals surface area contributed by atoms with Crippen molar-refractivity contribution in [3.8, 4) is 11.5 Å². The molecule has 0 saturated carbocycles. The van der Waals surface area contributed by atoms with Crippen LogP contribution < -0.4 is 14.8 Å². The van der Waals surface area contributed by atoms with Gasteiger partial charge >= 0.3 is 12.6 Å². The van der Waals surface area contributed by atoms with Crippen molar-refractivity contribution in [2.45, 2.75) is 25.2 Å². The first-order chi connectivity index (χ1) is 13.8. The van der Waals surface area contributed by atoms with Crippen LogP contribution in [0, 0.1) is 0 Å². The number of carbonyl (C=O) groups excluding carboxylic acids is 2. The molecule has 3 rings (SSSR count). The zero-order chi connectivity index (χ0) is 21.0. The van der Waals surface area contributed by atoms with Crippen molar-refractivity contribution in [1.82, 2.24) is 10.2 Å². The van der Waals surface area contributed by atoms with Gasteiger partial charge in [-0.15, -0.1) is 0 Å². The third-order valence-electron chi connectivity index (χ3n) is 4.51. The molecule has 0 aromatic heterocycles. The molecule has 1 fully saturated rings. The maximum Gasteiger partial charge on any atom is 0.387 e. The molecule has 2 aromatic rings. The number of β-amino-alcohol motifs (C(OH)–C–C–N with tert-alkyl or cyclic N) is 1. The number of alkyl halides is 2. The van der Waals surface area contributed by atoms with Crippen LogP contribution in [0.5, 0.6) is 11.5 Å². The third-order valence-corrected chi connectivity index (χ3v) is 4.51. The van der Waals surface area contributed by atoms with Crippen molar-refractivity contribution in [2.24, 2.45) is 0 Å². The van der Waals surface area contributed by atoms with Crippen molar-refractivity contribution in [2.75, 3.05) is 13.2 Å². The van der Waals surface area contributed by atoms with E-state index in [9.17, 15) is 23.5 Å². The summed E-state index contributed by atoms with van der Waals surface area (Å²) in [4.78, 5) is 26.1. The molecule has 1 saturated heterocycles. The van der Waals surface area contributed by atoms with Crippen LogP contribution in [0.15, 0.2) is 54.6 Å². The number of amides is 3. The first-order valence-electron chi connectivity index (χ1n) is 8.85. The minimum atomic E-state index is -2.96. The van der Waals surface area contributed by atoms with Gasteiger partial charge in [-0.1, -0.05) is 30.3 Å². The highest BCUT2D eigenvalue weighted by Gasteiger charge is 2.49. The molecule has 9 heteroatoms. The van der Waals surface area contributed by atoms with E-state index in [0.29, 0.717) is 11.3 Å². The number of imide groups is 1. The normalized spacial score (nSPS) is 20.0. The Morgan fingerprint density at radius 2 is 1.72 bits per heavy atom. The van der Waals surface area contributed by atoms with Gasteiger partial charge in [0.25, 0.3) is 5.91 Å². The van der Waals surface area contributed by atoms with Crippen molar-refractivity contribution in [3.05, 3.63) is 60.2 Å². The van der Waals surface area contributed by atoms with Crippen LogP contribution in [0.4, 0.5) is 13.6 Å². The Morgan fingerprint density at radius 1 is 1.07 bits per heavy atom. The van der Waals surface area contributed by atoms with E-state index in [-0.39, 0.29) is 18.9 Å². The molecule has 2 N–H and O–H groups in total. The average molecular weight is 406 g/mol. The average Bonchev–Trinajstić information content (AvgIpc) is 2.91. The minimum Gasteiger partial charge on any atom is -0.491 e. The molecular weight excluding hydrogens is 386 g/mol. The second kappa shape index (κ2) is 8.44. The summed E-state index contributed by atoms with van der Waals surface area (Å²) < 4.78 is 34.3. The summed E-state index contributed by atoms with van der Waals surface area (Å²) in [7, 11) is 0. The van der Waals surface area contributed by atoms with E-state index in [2.05, 4.69) is 10.1 Å². The number of benzene rings is 2. The fourth-order valence-corrected chi connectivity index (χ4v) is 3.00. The molecule has 3 amide bonds. The predicted octanol–water partition coefficient (Wildman–Crippen LogP) is 2.49. The number of nitrogens with zero attached hydrogens (tertiary/aromatic N) is 1. The van der Waals surface area contributed by atoms with Crippen molar-refractivity contribution < 1.29 is 33.0 Å². The lowest BCUT2D eigenvalue weighted by molar-refractivity contribution is -0.132. The van der Waals surface area contributed by atoms with Crippen molar-refractivity contribution in [1.29, 1.82) is 0 Å². The predicted molar refractivity (Wildman–Crippen MR) is 98.6 cm³/mol. The lowest BCUT2D eigenvalue weighted by Gasteiger charge is -2.23. The number of hydrogen-bond donors (Lipinski definition) is 2. The van der Waals surface area contributed by atoms with E-state index >= 15 is 0 Å². The Labute approximate surface area is 165 Å². The van der Waals surface area contributed by atoms with E-state index < -0.39 is 30.2 Å². The highest BCUT2D eigenvalue weighted by Crippen LogP contribution is 2.30. The zero-order valence-electron chi connectivity index (χ0n) is 15.5. The number of nitrogens with one attached hydrogen (secondary N) is 1. The lowest BCUT2D eigenvalue weighted by atomic mass is 9.92. The van der Waals surface area contributed by atoms with E-state index in [4.69, 9.17) is 4.74 Å². The Morgan fingerprint density at radius 3 is 2.34 bits per heavy atom. The topological polar surface area (TPSA) is 88.1 Å². The number of urea groups is 1. The SMILES string of the molecule is CC1(c2ccc(OC(F)F)cc2)NC(=O)N(CC(O)COc2ccccc2)C1=O. The molecule has 154 valence electrons. The van der Waals surface area contributed by atoms with Crippen LogP contribution in [-0.2, 0) is 10.3 Å². The van der Waals surface area contributed by atoms with Crippen LogP contribution >= 0.6 is 0 Å². The van der Waals surface area contributed by atoms with E-state index in [0.717, 1.165) is 4.90 Å². The first kappa shape index (κ1) is 20.5. The molecule has 0 spiro atoms. The number of hydrogen-bond acceptors (Lipinski definition) is 5. The number of carbonyl (C=O) groups is 2. The molecule has 29 heavy (non-hydrogen) atoms. The Hall–Kier alpha value is -3.20. The molecule has 2 atom stereocenters. The van der Waals surface area contributed by atoms with E-state index in [1.54, 1.807) is 24.3 Å². The van der Waals surface area contributed by atoms with Gasteiger partial charge in [0, 0.05) is 0 Å². The summed E-state index contributed by atoms with van der Waals surface area (Å²) in [5, 5.41) is 12.8. The maximum absolute atomic E-state index is 12.8. The number of aliphatic hydroxyl groups excluding tert-OH is 1. The van der Waals surface area contributed by atoms with E-state index in [1.807, 2.05) is 6.07 Å². The number of rotatable bonds is 8. The second-order valence-corrected chi connectivity index (χ2v) is 6.65. The molecular formula is C20H20F2N2O5. The molecule has 1 aliphatic heterocycles. The molecule has 1 aliphatic rings. The van der Waals surface area contributed by atoms with Gasteiger partial charge in [-0.25, -0.2) is 4.79 Å². The van der Waals surface area contributed by atoms with Gasteiger partial charge in [-0.2, -0.15) is 8.78 Å². The second-order valence-electron chi connectivity index (χ2n) is 6.65. The van der Waals surface area contributed by atoms with Crippen molar-refractivity contribution in [3.63, 3.8) is 0 Å². The zero-order valence-corrected chi connectivity index (χ0v) is 15.5. The number of ether oxygens (including phenoxy) is 2. The van der Waals surface area contributed by atoms with Gasteiger partial charge in [-0.05, 0) is 36.8 Å². The summed E-state index contributed by atoms with van der Waals surface area (Å²) in [6.45, 7) is -1.81. The fraction of sp³-hybridized carbons (Fsp3) is 0.300. The summed E-state index contributed by atoms with van der Waals surface area (Å²) in [6.07, 6.45) is -1.09. The van der Waals surface area contributed by atoms with Gasteiger partial charge in [-0.3, -0.25) is 9.69 Å². The number of halogens is 2. The fourth-order valence-electron chi connectivity index (χ4n) is 3.00. The molecule has 1 heterocycles. The van der Waals surface area contributed by atoms with Crippen LogP contribution in [0.2, 0.25) is 0 Å². The number of para-hydroxylation sites is 1. The monoisotopic (exact) mass is 406 g/mol. The summed E-state index contributed by atoms with van der Waals surface area (Å²) in [5.41, 5.74) is -0.990. The molecule has 0 radical (unpaired) electrons. The van der Waals surface area contributed by atoms with Crippen LogP contribution in [-0.4, -0.2) is 47.8 Å².